The van der Waals surface area contributed by atoms with Crippen molar-refractivity contribution >= 4 is 11.7 Å². The molecular formula is C20H26N4O2. The van der Waals surface area contributed by atoms with Crippen molar-refractivity contribution in [2.24, 2.45) is 10.4 Å². The SMILES string of the molecule is CC1(C)CCC(OCC2=CC(=O)N3NC(c4ccccc4)=NC3N2)CC1. The Balaban J connectivity index is 1.36. The predicted octanol–water partition coefficient (Wildman–Crippen LogP) is 2.54. The Kier molecular flexibility index (Phi) is 4.44. The van der Waals surface area contributed by atoms with E-state index in [0.717, 1.165) is 24.1 Å². The maximum absolute atomic E-state index is 12.4. The minimum absolute atomic E-state index is 0.105. The monoisotopic (exact) mass is 354 g/mol. The molecule has 2 N–H and O–H groups in total. The molecule has 1 unspecified atom stereocenters. The van der Waals surface area contributed by atoms with Crippen molar-refractivity contribution < 1.29 is 9.53 Å². The van der Waals surface area contributed by atoms with Gasteiger partial charge in [0.25, 0.3) is 5.91 Å². The molecule has 0 saturated heterocycles. The Morgan fingerprint density at radius 1 is 1.23 bits per heavy atom. The standard InChI is InChI=1S/C20H26N4O2/c1-20(2)10-8-16(9-11-20)26-13-15-12-17(25)24-19(21-15)22-18(23-24)14-6-4-3-5-7-14/h3-7,12,16,19,21H,8-11,13H2,1-2H3,(H,22,23). The average molecular weight is 354 g/mol. The van der Waals surface area contributed by atoms with Crippen LogP contribution in [0, 0.1) is 5.41 Å². The van der Waals surface area contributed by atoms with Crippen LogP contribution in [-0.4, -0.2) is 35.8 Å². The second-order valence-corrected chi connectivity index (χ2v) is 8.03. The van der Waals surface area contributed by atoms with E-state index in [2.05, 4.69) is 29.6 Å². The van der Waals surface area contributed by atoms with Crippen molar-refractivity contribution in [1.82, 2.24) is 15.8 Å². The summed E-state index contributed by atoms with van der Waals surface area (Å²) in [4.78, 5) is 17.0. The maximum Gasteiger partial charge on any atom is 0.270 e. The van der Waals surface area contributed by atoms with Gasteiger partial charge in [-0.1, -0.05) is 44.2 Å². The van der Waals surface area contributed by atoms with Crippen LogP contribution in [-0.2, 0) is 9.53 Å². The molecule has 1 fully saturated rings. The molecule has 4 rings (SSSR count). The van der Waals surface area contributed by atoms with Crippen molar-refractivity contribution in [3.05, 3.63) is 47.7 Å². The zero-order valence-electron chi connectivity index (χ0n) is 15.4. The van der Waals surface area contributed by atoms with E-state index in [1.54, 1.807) is 6.08 Å². The number of hydrogen-bond acceptors (Lipinski definition) is 5. The molecule has 2 aliphatic heterocycles. The lowest BCUT2D eigenvalue weighted by Crippen LogP contribution is -2.53. The lowest BCUT2D eigenvalue weighted by Gasteiger charge is -2.35. The minimum Gasteiger partial charge on any atom is -0.372 e. The van der Waals surface area contributed by atoms with E-state index in [1.165, 1.54) is 17.9 Å². The second kappa shape index (κ2) is 6.76. The third-order valence-corrected chi connectivity index (χ3v) is 5.38. The van der Waals surface area contributed by atoms with Crippen molar-refractivity contribution in [2.75, 3.05) is 6.61 Å². The largest absolute Gasteiger partial charge is 0.372 e. The number of carbonyl (C=O) groups excluding carboxylic acids is 1. The second-order valence-electron chi connectivity index (χ2n) is 8.03. The van der Waals surface area contributed by atoms with Gasteiger partial charge in [0.2, 0.25) is 6.29 Å². The van der Waals surface area contributed by atoms with Gasteiger partial charge in [0.05, 0.1) is 12.7 Å². The first-order chi connectivity index (χ1) is 12.5. The summed E-state index contributed by atoms with van der Waals surface area (Å²) in [7, 11) is 0. The number of nitrogens with one attached hydrogen (secondary N) is 2. The van der Waals surface area contributed by atoms with Crippen molar-refractivity contribution in [2.45, 2.75) is 51.9 Å². The van der Waals surface area contributed by atoms with Gasteiger partial charge in [-0.3, -0.25) is 10.2 Å². The number of hydrogen-bond donors (Lipinski definition) is 2. The number of nitrogens with zero attached hydrogens (tertiary/aromatic N) is 2. The van der Waals surface area contributed by atoms with E-state index >= 15 is 0 Å². The van der Waals surface area contributed by atoms with E-state index in [9.17, 15) is 4.79 Å². The molecule has 0 spiro atoms. The minimum atomic E-state index is -0.424. The lowest BCUT2D eigenvalue weighted by atomic mass is 9.76. The highest BCUT2D eigenvalue weighted by Gasteiger charge is 2.34. The van der Waals surface area contributed by atoms with Crippen molar-refractivity contribution in [3.8, 4) is 0 Å². The van der Waals surface area contributed by atoms with Gasteiger partial charge in [-0.05, 0) is 31.1 Å². The molecule has 6 nitrogen and oxygen atoms in total. The Morgan fingerprint density at radius 3 is 2.69 bits per heavy atom. The molecule has 2 heterocycles. The summed E-state index contributed by atoms with van der Waals surface area (Å²) in [5.41, 5.74) is 5.26. The first-order valence-corrected chi connectivity index (χ1v) is 9.32. The summed E-state index contributed by atoms with van der Waals surface area (Å²) in [5, 5.41) is 4.80. The summed E-state index contributed by atoms with van der Waals surface area (Å²) in [6.07, 6.45) is 6.00. The van der Waals surface area contributed by atoms with Gasteiger partial charge in [-0.2, -0.15) is 0 Å². The van der Waals surface area contributed by atoms with Gasteiger partial charge in [0.1, 0.15) is 0 Å². The van der Waals surface area contributed by atoms with Gasteiger partial charge in [-0.25, -0.2) is 10.0 Å². The predicted molar refractivity (Wildman–Crippen MR) is 100.0 cm³/mol. The zero-order chi connectivity index (χ0) is 18.1. The molecule has 1 aliphatic carbocycles. The van der Waals surface area contributed by atoms with Crippen LogP contribution in [0.25, 0.3) is 0 Å². The molecule has 1 atom stereocenters. The summed E-state index contributed by atoms with van der Waals surface area (Å²) in [5.74, 6) is 0.591. The fraction of sp³-hybridized carbons (Fsp3) is 0.500. The number of hydrazine groups is 1. The highest BCUT2D eigenvalue weighted by Crippen LogP contribution is 2.36. The first-order valence-electron chi connectivity index (χ1n) is 9.32. The number of amides is 1. The van der Waals surface area contributed by atoms with Crippen LogP contribution in [0.15, 0.2) is 47.1 Å². The summed E-state index contributed by atoms with van der Waals surface area (Å²) >= 11 is 0. The third kappa shape index (κ3) is 3.60. The van der Waals surface area contributed by atoms with Crippen LogP contribution in [0.2, 0.25) is 0 Å². The Bertz CT molecular complexity index is 731. The van der Waals surface area contributed by atoms with Crippen LogP contribution in [0.5, 0.6) is 0 Å². The number of benzene rings is 1. The molecule has 1 saturated carbocycles. The maximum atomic E-state index is 12.4. The highest BCUT2D eigenvalue weighted by atomic mass is 16.5. The van der Waals surface area contributed by atoms with Crippen LogP contribution in [0.4, 0.5) is 0 Å². The lowest BCUT2D eigenvalue weighted by molar-refractivity contribution is -0.131. The fourth-order valence-corrected chi connectivity index (χ4v) is 3.65. The molecule has 3 aliphatic rings. The molecule has 1 aromatic carbocycles. The van der Waals surface area contributed by atoms with Crippen LogP contribution in [0.1, 0.15) is 45.1 Å². The van der Waals surface area contributed by atoms with Gasteiger partial charge < -0.3 is 10.1 Å². The quantitative estimate of drug-likeness (QED) is 0.872. The molecule has 1 amide bonds. The number of fused-ring (bicyclic) bond motifs is 1. The number of ether oxygens (including phenoxy) is 1. The zero-order valence-corrected chi connectivity index (χ0v) is 15.4. The number of aliphatic imine (C=N–C) groups is 1. The molecule has 1 aromatic rings. The molecular weight excluding hydrogens is 328 g/mol. The molecule has 0 aromatic heterocycles. The van der Waals surface area contributed by atoms with Crippen LogP contribution >= 0.6 is 0 Å². The van der Waals surface area contributed by atoms with Crippen molar-refractivity contribution in [1.29, 1.82) is 0 Å². The third-order valence-electron chi connectivity index (χ3n) is 5.38. The van der Waals surface area contributed by atoms with Gasteiger partial charge in [0.15, 0.2) is 5.84 Å². The summed E-state index contributed by atoms with van der Waals surface area (Å²) < 4.78 is 6.05. The van der Waals surface area contributed by atoms with E-state index in [1.807, 2.05) is 30.3 Å². The van der Waals surface area contributed by atoms with E-state index in [0.29, 0.717) is 17.9 Å². The molecule has 26 heavy (non-hydrogen) atoms. The van der Waals surface area contributed by atoms with Gasteiger partial charge >= 0.3 is 0 Å². The van der Waals surface area contributed by atoms with Crippen molar-refractivity contribution in [3.63, 3.8) is 0 Å². The number of carbonyl (C=O) groups is 1. The number of rotatable bonds is 4. The first kappa shape index (κ1) is 17.1. The van der Waals surface area contributed by atoms with Gasteiger partial charge in [-0.15, -0.1) is 0 Å². The Labute approximate surface area is 154 Å². The van der Waals surface area contributed by atoms with E-state index in [-0.39, 0.29) is 12.0 Å². The van der Waals surface area contributed by atoms with E-state index < -0.39 is 6.29 Å². The van der Waals surface area contributed by atoms with E-state index in [4.69, 9.17) is 4.74 Å². The van der Waals surface area contributed by atoms with Crippen LogP contribution < -0.4 is 10.7 Å². The summed E-state index contributed by atoms with van der Waals surface area (Å²) in [6.45, 7) is 5.06. The molecule has 0 bridgehead atoms. The van der Waals surface area contributed by atoms with Gasteiger partial charge in [0, 0.05) is 17.3 Å². The number of amidine groups is 1. The average Bonchev–Trinajstić information content (AvgIpc) is 3.06. The molecule has 6 heteroatoms. The fourth-order valence-electron chi connectivity index (χ4n) is 3.65. The highest BCUT2D eigenvalue weighted by molar-refractivity contribution is 6.02. The Morgan fingerprint density at radius 2 is 1.96 bits per heavy atom. The topological polar surface area (TPSA) is 66.0 Å². The normalized spacial score (nSPS) is 25.1. The van der Waals surface area contributed by atoms with Crippen LogP contribution in [0.3, 0.4) is 0 Å². The molecule has 0 radical (unpaired) electrons. The smallest absolute Gasteiger partial charge is 0.270 e. The molecule has 138 valence electrons. The summed E-state index contributed by atoms with van der Waals surface area (Å²) in [6, 6.07) is 9.80. The Hall–Kier alpha value is -2.34.